The molecular formula is C25H24N4O3. The maximum absolute atomic E-state index is 12.2. The third-order valence-electron chi connectivity index (χ3n) is 5.59. The van der Waals surface area contributed by atoms with Gasteiger partial charge in [-0.05, 0) is 48.4 Å². The van der Waals surface area contributed by atoms with Gasteiger partial charge in [0.05, 0.1) is 17.6 Å². The number of allylic oxidation sites excluding steroid dienone is 1. The van der Waals surface area contributed by atoms with Crippen molar-refractivity contribution in [3.8, 4) is 22.6 Å². The fraction of sp³-hybridized carbons (Fsp3) is 0.160. The summed E-state index contributed by atoms with van der Waals surface area (Å²) in [6.45, 7) is 4.14. The molecule has 0 bridgehead atoms. The second kappa shape index (κ2) is 9.03. The van der Waals surface area contributed by atoms with Crippen LogP contribution in [0.2, 0.25) is 0 Å². The smallest absolute Gasteiger partial charge is 0.250 e. The lowest BCUT2D eigenvalue weighted by molar-refractivity contribution is -0.118. The van der Waals surface area contributed by atoms with Crippen LogP contribution in [0.25, 0.3) is 11.1 Å². The monoisotopic (exact) mass is 428 g/mol. The number of nitrogens with zero attached hydrogens (tertiary/aromatic N) is 2. The summed E-state index contributed by atoms with van der Waals surface area (Å²) in [6.07, 6.45) is 2.81. The largest absolute Gasteiger partial charge is 0.457 e. The number of para-hydroxylation sites is 1. The second-order valence-corrected chi connectivity index (χ2v) is 7.58. The van der Waals surface area contributed by atoms with E-state index in [2.05, 4.69) is 11.6 Å². The minimum absolute atomic E-state index is 0.0854. The Morgan fingerprint density at radius 3 is 2.44 bits per heavy atom. The van der Waals surface area contributed by atoms with E-state index in [1.165, 1.54) is 12.3 Å². The molecule has 7 nitrogen and oxygen atoms in total. The number of ether oxygens (including phenoxy) is 1. The first kappa shape index (κ1) is 21.3. The molecule has 1 aliphatic rings. The molecule has 1 saturated heterocycles. The fourth-order valence-corrected chi connectivity index (χ4v) is 3.89. The molecule has 4 N–H and O–H groups in total. The molecule has 1 aliphatic heterocycles. The van der Waals surface area contributed by atoms with E-state index >= 15 is 0 Å². The Hall–Kier alpha value is -3.97. The minimum Gasteiger partial charge on any atom is -0.457 e. The van der Waals surface area contributed by atoms with E-state index in [4.69, 9.17) is 16.2 Å². The zero-order chi connectivity index (χ0) is 22.7. The van der Waals surface area contributed by atoms with Gasteiger partial charge >= 0.3 is 0 Å². The molecule has 1 aromatic heterocycles. The Morgan fingerprint density at radius 2 is 1.78 bits per heavy atom. The highest BCUT2D eigenvalue weighted by atomic mass is 16.5. The molecule has 1 fully saturated rings. The van der Waals surface area contributed by atoms with Crippen LogP contribution < -0.4 is 21.1 Å². The Labute approximate surface area is 186 Å². The standard InChI is InChI=1S/C25H24N4O3/c1-2-22(30)20-12-13-29(23(20)26)25-21(14-17(15-28-25)24(27)31)16-8-10-19(11-9-16)32-18-6-4-3-5-7-18/h2-11,14-15,20,23H,1,12-13,26H2,(H2,27,31). The van der Waals surface area contributed by atoms with Crippen LogP contribution in [-0.4, -0.2) is 29.4 Å². The molecule has 1 amide bonds. The van der Waals surface area contributed by atoms with Gasteiger partial charge < -0.3 is 21.1 Å². The van der Waals surface area contributed by atoms with Crippen molar-refractivity contribution in [1.29, 1.82) is 0 Å². The molecule has 2 unspecified atom stereocenters. The van der Waals surface area contributed by atoms with Crippen molar-refractivity contribution in [3.63, 3.8) is 0 Å². The van der Waals surface area contributed by atoms with E-state index in [0.29, 0.717) is 35.7 Å². The summed E-state index contributed by atoms with van der Waals surface area (Å²) in [4.78, 5) is 30.3. The number of benzene rings is 2. The van der Waals surface area contributed by atoms with Gasteiger partial charge in [0.2, 0.25) is 5.91 Å². The number of pyridine rings is 1. The van der Waals surface area contributed by atoms with Gasteiger partial charge in [-0.25, -0.2) is 4.98 Å². The molecule has 2 aromatic carbocycles. The van der Waals surface area contributed by atoms with Crippen molar-refractivity contribution in [3.05, 3.63) is 85.1 Å². The summed E-state index contributed by atoms with van der Waals surface area (Å²) < 4.78 is 5.86. The van der Waals surface area contributed by atoms with Crippen molar-refractivity contribution in [1.82, 2.24) is 4.98 Å². The molecule has 0 spiro atoms. The molecule has 3 aromatic rings. The van der Waals surface area contributed by atoms with E-state index in [0.717, 1.165) is 11.3 Å². The lowest BCUT2D eigenvalue weighted by Crippen LogP contribution is -2.43. The van der Waals surface area contributed by atoms with Gasteiger partial charge in [0.25, 0.3) is 0 Å². The average molecular weight is 428 g/mol. The number of carbonyl (C=O) groups excluding carboxylic acids is 2. The number of primary amides is 1. The van der Waals surface area contributed by atoms with E-state index in [-0.39, 0.29) is 11.7 Å². The van der Waals surface area contributed by atoms with E-state index in [1.807, 2.05) is 59.5 Å². The summed E-state index contributed by atoms with van der Waals surface area (Å²) in [7, 11) is 0. The highest BCUT2D eigenvalue weighted by Crippen LogP contribution is 2.36. The van der Waals surface area contributed by atoms with Crippen LogP contribution in [0.4, 0.5) is 5.82 Å². The van der Waals surface area contributed by atoms with Gasteiger partial charge in [-0.2, -0.15) is 0 Å². The highest BCUT2D eigenvalue weighted by Gasteiger charge is 2.36. The molecular weight excluding hydrogens is 404 g/mol. The Kier molecular flexibility index (Phi) is 6.00. The zero-order valence-electron chi connectivity index (χ0n) is 17.5. The number of carbonyl (C=O) groups is 2. The third-order valence-corrected chi connectivity index (χ3v) is 5.59. The predicted molar refractivity (Wildman–Crippen MR) is 123 cm³/mol. The maximum atomic E-state index is 12.2. The fourth-order valence-electron chi connectivity index (χ4n) is 3.89. The van der Waals surface area contributed by atoms with Crippen LogP contribution in [0.1, 0.15) is 16.8 Å². The highest BCUT2D eigenvalue weighted by molar-refractivity contribution is 5.95. The van der Waals surface area contributed by atoms with Gasteiger partial charge in [0.1, 0.15) is 17.3 Å². The normalized spacial score (nSPS) is 17.7. The summed E-state index contributed by atoms with van der Waals surface area (Å²) in [5.74, 6) is 1.00. The van der Waals surface area contributed by atoms with Crippen molar-refractivity contribution in [2.75, 3.05) is 11.4 Å². The van der Waals surface area contributed by atoms with Gasteiger partial charge in [-0.15, -0.1) is 0 Å². The predicted octanol–water partition coefficient (Wildman–Crippen LogP) is 3.51. The zero-order valence-corrected chi connectivity index (χ0v) is 17.5. The Balaban J connectivity index is 1.68. The SMILES string of the molecule is C=CC(=O)C1CCN(c2ncc(C(N)=O)cc2-c2ccc(Oc3ccccc3)cc2)C1N. The van der Waals surface area contributed by atoms with Gasteiger partial charge in [0.15, 0.2) is 5.78 Å². The summed E-state index contributed by atoms with van der Waals surface area (Å²) in [6, 6.07) is 18.6. The van der Waals surface area contributed by atoms with Crippen molar-refractivity contribution < 1.29 is 14.3 Å². The molecule has 0 saturated carbocycles. The van der Waals surface area contributed by atoms with E-state index in [1.54, 1.807) is 6.07 Å². The van der Waals surface area contributed by atoms with Crippen LogP contribution in [-0.2, 0) is 4.79 Å². The minimum atomic E-state index is -0.570. The van der Waals surface area contributed by atoms with Crippen LogP contribution >= 0.6 is 0 Å². The van der Waals surface area contributed by atoms with Crippen LogP contribution in [0.5, 0.6) is 11.5 Å². The summed E-state index contributed by atoms with van der Waals surface area (Å²) in [5.41, 5.74) is 13.7. The quantitative estimate of drug-likeness (QED) is 0.557. The first-order valence-electron chi connectivity index (χ1n) is 10.3. The van der Waals surface area contributed by atoms with Crippen LogP contribution in [0, 0.1) is 5.92 Å². The van der Waals surface area contributed by atoms with Crippen molar-refractivity contribution in [2.24, 2.45) is 17.4 Å². The van der Waals surface area contributed by atoms with Crippen LogP contribution in [0.3, 0.4) is 0 Å². The molecule has 32 heavy (non-hydrogen) atoms. The molecule has 4 rings (SSSR count). The second-order valence-electron chi connectivity index (χ2n) is 7.58. The molecule has 0 aliphatic carbocycles. The number of ketones is 1. The number of anilines is 1. The van der Waals surface area contributed by atoms with Crippen molar-refractivity contribution >= 4 is 17.5 Å². The maximum Gasteiger partial charge on any atom is 0.250 e. The molecule has 2 heterocycles. The third kappa shape index (κ3) is 4.24. The molecule has 162 valence electrons. The molecule has 0 radical (unpaired) electrons. The molecule has 2 atom stereocenters. The van der Waals surface area contributed by atoms with Crippen LogP contribution in [0.15, 0.2) is 79.5 Å². The van der Waals surface area contributed by atoms with E-state index in [9.17, 15) is 9.59 Å². The number of aromatic nitrogens is 1. The number of hydrogen-bond acceptors (Lipinski definition) is 6. The summed E-state index contributed by atoms with van der Waals surface area (Å²) in [5, 5.41) is 0. The summed E-state index contributed by atoms with van der Waals surface area (Å²) >= 11 is 0. The number of rotatable bonds is 7. The first-order chi connectivity index (χ1) is 15.5. The number of nitrogens with two attached hydrogens (primary N) is 2. The first-order valence-corrected chi connectivity index (χ1v) is 10.3. The average Bonchev–Trinajstić information content (AvgIpc) is 3.20. The number of hydrogen-bond donors (Lipinski definition) is 2. The molecule has 7 heteroatoms. The lowest BCUT2D eigenvalue weighted by atomic mass is 10.0. The Morgan fingerprint density at radius 1 is 1.09 bits per heavy atom. The van der Waals surface area contributed by atoms with E-state index < -0.39 is 12.1 Å². The topological polar surface area (TPSA) is 112 Å². The van der Waals surface area contributed by atoms with Crippen molar-refractivity contribution in [2.45, 2.75) is 12.6 Å². The number of amides is 1. The lowest BCUT2D eigenvalue weighted by Gasteiger charge is -2.27. The van der Waals surface area contributed by atoms with Gasteiger partial charge in [0, 0.05) is 18.3 Å². The van der Waals surface area contributed by atoms with Gasteiger partial charge in [-0.1, -0.05) is 36.9 Å². The Bertz CT molecular complexity index is 1150. The van der Waals surface area contributed by atoms with Gasteiger partial charge in [-0.3, -0.25) is 9.59 Å².